The van der Waals surface area contributed by atoms with Gasteiger partial charge in [-0.25, -0.2) is 0 Å². The number of ether oxygens (including phenoxy) is 4. The first-order chi connectivity index (χ1) is 17.8. The Hall–Kier alpha value is -4.66. The molecule has 0 fully saturated rings. The highest BCUT2D eigenvalue weighted by Gasteiger charge is 2.31. The second kappa shape index (κ2) is 10.5. The van der Waals surface area contributed by atoms with Gasteiger partial charge < -0.3 is 33.6 Å². The zero-order valence-electron chi connectivity index (χ0n) is 20.7. The first-order valence-electron chi connectivity index (χ1n) is 11.3. The number of carbonyl (C=O) groups excluding carboxylic acids is 1. The van der Waals surface area contributed by atoms with Gasteiger partial charge in [-0.1, -0.05) is 30.3 Å². The standard InChI is InChI=1S/C28H26O9/c1-33-22-14-24(35-3)23(34-2)10-16(22)17(11-25(32)36-4)26-18(29)12-19(30)27-20(31)13-21(37-28(26)27)15-8-6-5-7-9-15/h5-10,12-14,17,29-30H,11H2,1-4H3/t17-/m1/s1. The summed E-state index contributed by atoms with van der Waals surface area (Å²) in [6, 6.07) is 14.4. The lowest BCUT2D eigenvalue weighted by atomic mass is 9.85. The number of methoxy groups -OCH3 is 4. The van der Waals surface area contributed by atoms with E-state index in [4.69, 9.17) is 23.4 Å². The van der Waals surface area contributed by atoms with Gasteiger partial charge in [0.05, 0.1) is 34.9 Å². The zero-order valence-corrected chi connectivity index (χ0v) is 20.7. The first-order valence-corrected chi connectivity index (χ1v) is 11.3. The van der Waals surface area contributed by atoms with E-state index in [1.165, 1.54) is 34.5 Å². The van der Waals surface area contributed by atoms with E-state index < -0.39 is 23.1 Å². The molecule has 0 saturated heterocycles. The predicted octanol–water partition coefficient (Wildman–Crippen LogP) is 4.59. The Balaban J connectivity index is 2.09. The normalized spacial score (nSPS) is 11.7. The summed E-state index contributed by atoms with van der Waals surface area (Å²) in [6.07, 6.45) is -0.255. The maximum Gasteiger partial charge on any atom is 0.306 e. The molecule has 0 bridgehead atoms. The van der Waals surface area contributed by atoms with E-state index in [-0.39, 0.29) is 34.5 Å². The Labute approximate surface area is 212 Å². The highest BCUT2D eigenvalue weighted by atomic mass is 16.5. The summed E-state index contributed by atoms with van der Waals surface area (Å²) in [5.74, 6) is -1.08. The van der Waals surface area contributed by atoms with Crippen molar-refractivity contribution in [3.63, 3.8) is 0 Å². The monoisotopic (exact) mass is 506 g/mol. The van der Waals surface area contributed by atoms with Crippen LogP contribution in [-0.4, -0.2) is 44.6 Å². The van der Waals surface area contributed by atoms with Crippen LogP contribution in [0.4, 0.5) is 0 Å². The van der Waals surface area contributed by atoms with Gasteiger partial charge in [-0.2, -0.15) is 0 Å². The molecule has 4 aromatic rings. The van der Waals surface area contributed by atoms with Gasteiger partial charge in [0.1, 0.15) is 34.0 Å². The van der Waals surface area contributed by atoms with Gasteiger partial charge in [0.25, 0.3) is 0 Å². The van der Waals surface area contributed by atoms with Crippen molar-refractivity contribution in [3.05, 3.63) is 75.9 Å². The van der Waals surface area contributed by atoms with Crippen LogP contribution in [-0.2, 0) is 9.53 Å². The fourth-order valence-electron chi connectivity index (χ4n) is 4.35. The van der Waals surface area contributed by atoms with Gasteiger partial charge in [0.2, 0.25) is 0 Å². The van der Waals surface area contributed by atoms with Gasteiger partial charge in [-0.3, -0.25) is 9.59 Å². The minimum atomic E-state index is -0.931. The molecule has 0 unspecified atom stereocenters. The number of benzene rings is 3. The quantitative estimate of drug-likeness (QED) is 0.330. The molecule has 0 amide bonds. The third-order valence-corrected chi connectivity index (χ3v) is 6.11. The van der Waals surface area contributed by atoms with Crippen molar-refractivity contribution in [1.29, 1.82) is 0 Å². The number of hydrogen-bond acceptors (Lipinski definition) is 9. The lowest BCUT2D eigenvalue weighted by Gasteiger charge is -2.23. The van der Waals surface area contributed by atoms with Gasteiger partial charge in [-0.05, 0) is 6.07 Å². The molecule has 0 aliphatic rings. The molecule has 1 atom stereocenters. The Morgan fingerprint density at radius 1 is 0.865 bits per heavy atom. The van der Waals surface area contributed by atoms with Crippen LogP contribution in [0.1, 0.15) is 23.5 Å². The highest BCUT2D eigenvalue weighted by Crippen LogP contribution is 2.47. The Morgan fingerprint density at radius 2 is 1.51 bits per heavy atom. The minimum Gasteiger partial charge on any atom is -0.507 e. The van der Waals surface area contributed by atoms with Crippen LogP contribution in [0.3, 0.4) is 0 Å². The summed E-state index contributed by atoms with van der Waals surface area (Å²) in [5, 5.41) is 21.5. The summed E-state index contributed by atoms with van der Waals surface area (Å²) in [4.78, 5) is 25.7. The molecule has 4 rings (SSSR count). The predicted molar refractivity (Wildman–Crippen MR) is 136 cm³/mol. The molecule has 0 aliphatic heterocycles. The number of fused-ring (bicyclic) bond motifs is 1. The summed E-state index contributed by atoms with van der Waals surface area (Å²) in [6.45, 7) is 0. The number of phenolic OH excluding ortho intramolecular Hbond substituents is 2. The Bertz CT molecular complexity index is 1510. The lowest BCUT2D eigenvalue weighted by Crippen LogP contribution is -2.13. The molecule has 9 heteroatoms. The fourth-order valence-corrected chi connectivity index (χ4v) is 4.35. The van der Waals surface area contributed by atoms with Crippen LogP contribution in [0.25, 0.3) is 22.3 Å². The van der Waals surface area contributed by atoms with Crippen LogP contribution in [0.2, 0.25) is 0 Å². The second-order valence-corrected chi connectivity index (χ2v) is 8.16. The molecule has 0 spiro atoms. The average Bonchev–Trinajstić information content (AvgIpc) is 2.91. The summed E-state index contributed by atoms with van der Waals surface area (Å²) in [7, 11) is 5.63. The largest absolute Gasteiger partial charge is 0.507 e. The molecule has 1 heterocycles. The van der Waals surface area contributed by atoms with Crippen LogP contribution in [0, 0.1) is 0 Å². The Morgan fingerprint density at radius 3 is 2.14 bits per heavy atom. The van der Waals surface area contributed by atoms with Gasteiger partial charge in [-0.15, -0.1) is 0 Å². The number of rotatable bonds is 8. The second-order valence-electron chi connectivity index (χ2n) is 8.16. The molecular weight excluding hydrogens is 480 g/mol. The van der Waals surface area contributed by atoms with Crippen LogP contribution in [0.15, 0.2) is 63.8 Å². The SMILES string of the molecule is COC(=O)C[C@H](c1cc(OC)c(OC)cc1OC)c1c(O)cc(O)c2c(=O)cc(-c3ccccc3)oc12. The lowest BCUT2D eigenvalue weighted by molar-refractivity contribution is -0.140. The molecule has 192 valence electrons. The smallest absolute Gasteiger partial charge is 0.306 e. The zero-order chi connectivity index (χ0) is 26.7. The first kappa shape index (κ1) is 25.4. The van der Waals surface area contributed by atoms with Crippen molar-refractivity contribution in [3.8, 4) is 40.1 Å². The van der Waals surface area contributed by atoms with E-state index in [1.807, 2.05) is 6.07 Å². The molecule has 1 aromatic heterocycles. The maximum absolute atomic E-state index is 13.1. The van der Waals surface area contributed by atoms with E-state index >= 15 is 0 Å². The third-order valence-electron chi connectivity index (χ3n) is 6.11. The molecule has 0 saturated carbocycles. The van der Waals surface area contributed by atoms with E-state index in [0.29, 0.717) is 28.4 Å². The number of phenols is 2. The van der Waals surface area contributed by atoms with E-state index in [9.17, 15) is 19.8 Å². The third kappa shape index (κ3) is 4.75. The highest BCUT2D eigenvalue weighted by molar-refractivity contribution is 5.91. The van der Waals surface area contributed by atoms with Gasteiger partial charge in [0, 0.05) is 40.8 Å². The summed E-state index contributed by atoms with van der Waals surface area (Å²) in [5.41, 5.74) is 0.548. The maximum atomic E-state index is 13.1. The molecule has 0 aliphatic carbocycles. The van der Waals surface area contributed by atoms with Crippen molar-refractivity contribution >= 4 is 16.9 Å². The van der Waals surface area contributed by atoms with Gasteiger partial charge >= 0.3 is 5.97 Å². The van der Waals surface area contributed by atoms with Crippen LogP contribution >= 0.6 is 0 Å². The summed E-state index contributed by atoms with van der Waals surface area (Å²) < 4.78 is 27.5. The van der Waals surface area contributed by atoms with E-state index in [1.54, 1.807) is 36.4 Å². The number of hydrogen-bond donors (Lipinski definition) is 2. The van der Waals surface area contributed by atoms with Crippen molar-refractivity contribution in [2.45, 2.75) is 12.3 Å². The fraction of sp³-hybridized carbons (Fsp3) is 0.214. The minimum absolute atomic E-state index is 0.0744. The molecule has 9 nitrogen and oxygen atoms in total. The molecule has 3 aromatic carbocycles. The van der Waals surface area contributed by atoms with E-state index in [0.717, 1.165) is 6.07 Å². The molecule has 0 radical (unpaired) electrons. The topological polar surface area (TPSA) is 125 Å². The van der Waals surface area contributed by atoms with E-state index in [2.05, 4.69) is 0 Å². The molecular formula is C28H26O9. The Kier molecular flexibility index (Phi) is 7.24. The number of carbonyl (C=O) groups is 1. The van der Waals surface area contributed by atoms with Crippen molar-refractivity contribution in [2.24, 2.45) is 0 Å². The van der Waals surface area contributed by atoms with Crippen molar-refractivity contribution in [2.75, 3.05) is 28.4 Å². The number of esters is 1. The number of aromatic hydroxyl groups is 2. The van der Waals surface area contributed by atoms with Gasteiger partial charge in [0.15, 0.2) is 16.9 Å². The molecule has 2 N–H and O–H groups in total. The van der Waals surface area contributed by atoms with Crippen molar-refractivity contribution in [1.82, 2.24) is 0 Å². The average molecular weight is 507 g/mol. The summed E-state index contributed by atoms with van der Waals surface area (Å²) >= 11 is 0. The van der Waals surface area contributed by atoms with Crippen LogP contribution < -0.4 is 19.6 Å². The van der Waals surface area contributed by atoms with Crippen molar-refractivity contribution < 1.29 is 38.4 Å². The van der Waals surface area contributed by atoms with Crippen LogP contribution in [0.5, 0.6) is 28.7 Å². The molecule has 37 heavy (non-hydrogen) atoms.